The molecule has 9 heteroatoms. The van der Waals surface area contributed by atoms with Gasteiger partial charge in [0.1, 0.15) is 5.82 Å². The zero-order chi connectivity index (χ0) is 27.7. The van der Waals surface area contributed by atoms with Crippen molar-refractivity contribution in [1.29, 1.82) is 0 Å². The van der Waals surface area contributed by atoms with Gasteiger partial charge in [0.2, 0.25) is 0 Å². The van der Waals surface area contributed by atoms with Gasteiger partial charge < -0.3 is 9.80 Å². The standard InChI is InChI=1S/C31H32FN3O3S2/c32-25-8-6-23(7-9-25)19-30(36)33-31-35(28-20-40(37,38)21-29(28)39-31)27-12-10-26(11-13-27)34-16-14-24(15-17-34)18-22-4-2-1-3-5-22/h1-13,24,28-29H,14-21H2/t28-,29-/m0/s1. The third kappa shape index (κ3) is 6.10. The summed E-state index contributed by atoms with van der Waals surface area (Å²) in [4.78, 5) is 21.6. The predicted molar refractivity (Wildman–Crippen MR) is 160 cm³/mol. The lowest BCUT2D eigenvalue weighted by Crippen LogP contribution is -2.38. The number of carbonyl (C=O) groups is 1. The van der Waals surface area contributed by atoms with E-state index in [9.17, 15) is 17.6 Å². The second-order valence-corrected chi connectivity index (χ2v) is 14.3. The number of amidine groups is 1. The van der Waals surface area contributed by atoms with Gasteiger partial charge in [-0.05, 0) is 72.7 Å². The van der Waals surface area contributed by atoms with Gasteiger partial charge in [0.05, 0.1) is 24.0 Å². The first kappa shape index (κ1) is 27.0. The molecule has 0 aliphatic carbocycles. The summed E-state index contributed by atoms with van der Waals surface area (Å²) in [5.74, 6) is 0.130. The van der Waals surface area contributed by atoms with Crippen LogP contribution in [0.5, 0.6) is 0 Å². The number of aliphatic imine (C=N–C) groups is 1. The minimum absolute atomic E-state index is 0.0481. The summed E-state index contributed by atoms with van der Waals surface area (Å²) in [6.45, 7) is 2.01. The molecule has 208 valence electrons. The van der Waals surface area contributed by atoms with Crippen molar-refractivity contribution in [3.8, 4) is 0 Å². The molecular weight excluding hydrogens is 545 g/mol. The zero-order valence-corrected chi connectivity index (χ0v) is 23.8. The number of thioether (sulfide) groups is 1. The Bertz CT molecular complexity index is 1490. The molecule has 40 heavy (non-hydrogen) atoms. The summed E-state index contributed by atoms with van der Waals surface area (Å²) < 4.78 is 38.1. The van der Waals surface area contributed by atoms with Gasteiger partial charge >= 0.3 is 0 Å². The highest BCUT2D eigenvalue weighted by Gasteiger charge is 2.49. The van der Waals surface area contributed by atoms with E-state index in [1.807, 2.05) is 17.0 Å². The molecule has 3 saturated heterocycles. The molecule has 3 heterocycles. The van der Waals surface area contributed by atoms with Crippen LogP contribution < -0.4 is 9.80 Å². The first-order valence-corrected chi connectivity index (χ1v) is 16.4. The minimum atomic E-state index is -3.15. The number of fused-ring (bicyclic) bond motifs is 1. The molecular formula is C31H32FN3O3S2. The van der Waals surface area contributed by atoms with E-state index in [0.717, 1.165) is 43.7 Å². The van der Waals surface area contributed by atoms with Gasteiger partial charge in [-0.2, -0.15) is 4.99 Å². The molecule has 0 bridgehead atoms. The Labute approximate surface area is 239 Å². The first-order valence-electron chi connectivity index (χ1n) is 13.7. The summed E-state index contributed by atoms with van der Waals surface area (Å²) in [5, 5.41) is 0.372. The van der Waals surface area contributed by atoms with Gasteiger partial charge in [0, 0.05) is 29.7 Å². The number of benzene rings is 3. The SMILES string of the molecule is O=C(Cc1ccc(F)cc1)N=C1S[C@H]2CS(=O)(=O)C[C@@H]2N1c1ccc(N2CCC(Cc3ccccc3)CC2)cc1. The predicted octanol–water partition coefficient (Wildman–Crippen LogP) is 5.13. The van der Waals surface area contributed by atoms with Crippen LogP contribution in [0.25, 0.3) is 0 Å². The van der Waals surface area contributed by atoms with E-state index in [4.69, 9.17) is 0 Å². The Morgan fingerprint density at radius 2 is 1.55 bits per heavy atom. The summed E-state index contributed by atoms with van der Waals surface area (Å²) in [6.07, 6.45) is 3.47. The molecule has 3 aromatic carbocycles. The van der Waals surface area contributed by atoms with E-state index >= 15 is 0 Å². The zero-order valence-electron chi connectivity index (χ0n) is 22.2. The fourth-order valence-electron chi connectivity index (χ4n) is 5.96. The second-order valence-electron chi connectivity index (χ2n) is 10.9. The van der Waals surface area contributed by atoms with Gasteiger partial charge in [-0.3, -0.25) is 4.79 Å². The van der Waals surface area contributed by atoms with Crippen LogP contribution in [0.15, 0.2) is 83.9 Å². The number of hydrogen-bond acceptors (Lipinski definition) is 5. The fraction of sp³-hybridized carbons (Fsp3) is 0.355. The van der Waals surface area contributed by atoms with E-state index in [2.05, 4.69) is 52.4 Å². The van der Waals surface area contributed by atoms with E-state index in [-0.39, 0.29) is 40.9 Å². The lowest BCUT2D eigenvalue weighted by atomic mass is 9.90. The van der Waals surface area contributed by atoms with Gasteiger partial charge in [-0.1, -0.05) is 54.2 Å². The Kier molecular flexibility index (Phi) is 7.68. The molecule has 3 aliphatic heterocycles. The summed E-state index contributed by atoms with van der Waals surface area (Å²) >= 11 is 1.37. The summed E-state index contributed by atoms with van der Waals surface area (Å²) in [6, 6.07) is 24.4. The number of nitrogens with zero attached hydrogens (tertiary/aromatic N) is 3. The molecule has 3 fully saturated rings. The third-order valence-electron chi connectivity index (χ3n) is 8.03. The van der Waals surface area contributed by atoms with Crippen molar-refractivity contribution in [3.63, 3.8) is 0 Å². The molecule has 1 amide bonds. The highest BCUT2D eigenvalue weighted by atomic mass is 32.2. The number of hydrogen-bond donors (Lipinski definition) is 0. The van der Waals surface area contributed by atoms with Crippen molar-refractivity contribution in [2.24, 2.45) is 10.9 Å². The Hall–Kier alpha value is -3.17. The van der Waals surface area contributed by atoms with Crippen molar-refractivity contribution in [2.45, 2.75) is 37.0 Å². The number of piperidine rings is 1. The van der Waals surface area contributed by atoms with Crippen LogP contribution in [0.4, 0.5) is 15.8 Å². The molecule has 6 nitrogen and oxygen atoms in total. The molecule has 0 spiro atoms. The maximum absolute atomic E-state index is 13.3. The number of sulfone groups is 1. The largest absolute Gasteiger partial charge is 0.372 e. The molecule has 0 N–H and O–H groups in total. The van der Waals surface area contributed by atoms with Gasteiger partial charge in [0.15, 0.2) is 15.0 Å². The van der Waals surface area contributed by atoms with Crippen molar-refractivity contribution in [2.75, 3.05) is 34.4 Å². The molecule has 0 saturated carbocycles. The Morgan fingerprint density at radius 1 is 0.875 bits per heavy atom. The third-order valence-corrected chi connectivity index (χ3v) is 11.2. The van der Waals surface area contributed by atoms with Gasteiger partial charge in [0.25, 0.3) is 5.91 Å². The van der Waals surface area contributed by atoms with Crippen LogP contribution in [-0.4, -0.2) is 55.4 Å². The molecule has 0 radical (unpaired) electrons. The van der Waals surface area contributed by atoms with E-state index in [1.165, 1.54) is 29.5 Å². The second kappa shape index (κ2) is 11.4. The van der Waals surface area contributed by atoms with Gasteiger partial charge in [-0.25, -0.2) is 12.8 Å². The average Bonchev–Trinajstić information content (AvgIpc) is 3.41. The number of halogens is 1. The maximum Gasteiger partial charge on any atom is 0.252 e. The highest BCUT2D eigenvalue weighted by molar-refractivity contribution is 8.16. The molecule has 2 atom stereocenters. The normalized spacial score (nSPS) is 23.5. The van der Waals surface area contributed by atoms with E-state index < -0.39 is 9.84 Å². The lowest BCUT2D eigenvalue weighted by Gasteiger charge is -2.34. The number of carbonyl (C=O) groups excluding carboxylic acids is 1. The van der Waals surface area contributed by atoms with Crippen molar-refractivity contribution in [1.82, 2.24) is 0 Å². The van der Waals surface area contributed by atoms with Crippen LogP contribution in [0.3, 0.4) is 0 Å². The lowest BCUT2D eigenvalue weighted by molar-refractivity contribution is -0.117. The van der Waals surface area contributed by atoms with Crippen molar-refractivity contribution < 1.29 is 17.6 Å². The first-order chi connectivity index (χ1) is 19.3. The fourth-order valence-corrected chi connectivity index (χ4v) is 9.89. The number of anilines is 2. The summed E-state index contributed by atoms with van der Waals surface area (Å²) in [5.41, 5.74) is 4.07. The van der Waals surface area contributed by atoms with Crippen LogP contribution in [-0.2, 0) is 27.5 Å². The molecule has 6 rings (SSSR count). The van der Waals surface area contributed by atoms with E-state index in [1.54, 1.807) is 12.1 Å². The number of amides is 1. The molecule has 3 aliphatic rings. The Balaban J connectivity index is 1.16. The highest BCUT2D eigenvalue weighted by Crippen LogP contribution is 2.41. The van der Waals surface area contributed by atoms with Crippen molar-refractivity contribution in [3.05, 3.63) is 95.8 Å². The number of rotatable bonds is 6. The monoisotopic (exact) mass is 577 g/mol. The molecule has 0 aromatic heterocycles. The maximum atomic E-state index is 13.3. The minimum Gasteiger partial charge on any atom is -0.372 e. The molecule has 0 unspecified atom stereocenters. The van der Waals surface area contributed by atoms with Crippen molar-refractivity contribution >= 4 is 44.0 Å². The summed E-state index contributed by atoms with van der Waals surface area (Å²) in [7, 11) is -3.15. The van der Waals surface area contributed by atoms with Gasteiger partial charge in [-0.15, -0.1) is 0 Å². The Morgan fingerprint density at radius 3 is 2.25 bits per heavy atom. The van der Waals surface area contributed by atoms with Crippen LogP contribution in [0.2, 0.25) is 0 Å². The van der Waals surface area contributed by atoms with Crippen LogP contribution >= 0.6 is 11.8 Å². The quantitative estimate of drug-likeness (QED) is 0.405. The van der Waals surface area contributed by atoms with Crippen LogP contribution in [0.1, 0.15) is 24.0 Å². The van der Waals surface area contributed by atoms with Crippen LogP contribution in [0, 0.1) is 11.7 Å². The smallest absolute Gasteiger partial charge is 0.252 e. The van der Waals surface area contributed by atoms with E-state index in [0.29, 0.717) is 16.6 Å². The molecule has 3 aromatic rings. The average molecular weight is 578 g/mol. The topological polar surface area (TPSA) is 70.0 Å².